The summed E-state index contributed by atoms with van der Waals surface area (Å²) >= 11 is 0. The predicted molar refractivity (Wildman–Crippen MR) is 130 cm³/mol. The highest BCUT2D eigenvalue weighted by molar-refractivity contribution is 7.89. The molecule has 0 radical (unpaired) electrons. The van der Waals surface area contributed by atoms with Gasteiger partial charge in [-0.1, -0.05) is 0 Å². The second-order valence-corrected chi connectivity index (χ2v) is 11.0. The van der Waals surface area contributed by atoms with Gasteiger partial charge < -0.3 is 11.1 Å². The summed E-state index contributed by atoms with van der Waals surface area (Å²) in [5, 5.41) is 2.50. The number of alkyl halides is 4. The summed E-state index contributed by atoms with van der Waals surface area (Å²) < 4.78 is 94.4. The van der Waals surface area contributed by atoms with Crippen LogP contribution in [0.5, 0.6) is 0 Å². The van der Waals surface area contributed by atoms with Gasteiger partial charge in [-0.05, 0) is 50.1 Å². The number of halogens is 5. The van der Waals surface area contributed by atoms with E-state index in [-0.39, 0.29) is 54.4 Å². The van der Waals surface area contributed by atoms with E-state index in [1.165, 1.54) is 6.08 Å². The second kappa shape index (κ2) is 10.6. The number of carbonyl (C=O) groups excluding carboxylic acids is 1. The molecular formula is C24H25F5N6O3S. The van der Waals surface area contributed by atoms with Crippen molar-refractivity contribution >= 4 is 21.6 Å². The van der Waals surface area contributed by atoms with Gasteiger partial charge in [-0.3, -0.25) is 14.8 Å². The van der Waals surface area contributed by atoms with Crippen molar-refractivity contribution in [1.82, 2.24) is 19.6 Å². The Morgan fingerprint density at radius 1 is 1.23 bits per heavy atom. The van der Waals surface area contributed by atoms with Crippen molar-refractivity contribution in [3.63, 3.8) is 0 Å². The highest BCUT2D eigenvalue weighted by Gasteiger charge is 2.67. The van der Waals surface area contributed by atoms with E-state index in [4.69, 9.17) is 5.73 Å². The second-order valence-electron chi connectivity index (χ2n) is 9.16. The minimum atomic E-state index is -4.66. The van der Waals surface area contributed by atoms with Crippen molar-refractivity contribution in [2.24, 2.45) is 10.7 Å². The number of amides is 1. The number of benzene rings is 1. The third-order valence-corrected chi connectivity index (χ3v) is 8.50. The van der Waals surface area contributed by atoms with Crippen LogP contribution in [0.3, 0.4) is 0 Å². The Morgan fingerprint density at radius 3 is 2.44 bits per heavy atom. The first-order chi connectivity index (χ1) is 18.3. The maximum atomic E-state index is 15.0. The molecule has 0 unspecified atom stereocenters. The molecule has 1 spiro atoms. The highest BCUT2D eigenvalue weighted by Crippen LogP contribution is 2.55. The molecule has 1 aliphatic heterocycles. The van der Waals surface area contributed by atoms with Crippen LogP contribution in [0.2, 0.25) is 0 Å². The number of hydrogen-bond acceptors (Lipinski definition) is 7. The minimum Gasteiger partial charge on any atom is -0.401 e. The molecule has 39 heavy (non-hydrogen) atoms. The summed E-state index contributed by atoms with van der Waals surface area (Å²) in [6.07, 6.45) is -3.36. The fourth-order valence-corrected chi connectivity index (χ4v) is 6.47. The van der Waals surface area contributed by atoms with E-state index < -0.39 is 51.4 Å². The molecule has 1 aliphatic carbocycles. The number of nitrogens with two attached hydrogens (primary N) is 1. The lowest BCUT2D eigenvalue weighted by atomic mass is 10.1. The Morgan fingerprint density at radius 2 is 1.90 bits per heavy atom. The van der Waals surface area contributed by atoms with E-state index in [0.29, 0.717) is 6.20 Å². The van der Waals surface area contributed by atoms with Crippen LogP contribution in [0.4, 0.5) is 22.0 Å². The molecule has 1 aromatic heterocycles. The van der Waals surface area contributed by atoms with Gasteiger partial charge >= 0.3 is 6.18 Å². The monoisotopic (exact) mass is 572 g/mol. The van der Waals surface area contributed by atoms with Gasteiger partial charge in [0.15, 0.2) is 5.69 Å². The predicted octanol–water partition coefficient (Wildman–Crippen LogP) is 2.74. The molecule has 1 saturated carbocycles. The van der Waals surface area contributed by atoms with Gasteiger partial charge in [0, 0.05) is 18.7 Å². The van der Waals surface area contributed by atoms with Crippen molar-refractivity contribution < 1.29 is 35.2 Å². The normalized spacial score (nSPS) is 21.8. The summed E-state index contributed by atoms with van der Waals surface area (Å²) in [7, 11) is -4.34. The molecule has 0 bridgehead atoms. The Kier molecular flexibility index (Phi) is 7.76. The van der Waals surface area contributed by atoms with E-state index in [0.717, 1.165) is 34.8 Å². The van der Waals surface area contributed by atoms with Crippen LogP contribution in [0, 0.1) is 5.82 Å². The van der Waals surface area contributed by atoms with Crippen molar-refractivity contribution in [2.45, 2.75) is 55.0 Å². The molecule has 1 amide bonds. The van der Waals surface area contributed by atoms with Gasteiger partial charge in [0.2, 0.25) is 15.9 Å². The smallest absolute Gasteiger partial charge is 0.401 e. The Balaban J connectivity index is 1.51. The van der Waals surface area contributed by atoms with Crippen LogP contribution in [0.1, 0.15) is 37.6 Å². The number of nitrogens with zero attached hydrogens (tertiary/aromatic N) is 4. The maximum Gasteiger partial charge on any atom is 0.434 e. The van der Waals surface area contributed by atoms with E-state index in [2.05, 4.69) is 20.3 Å². The lowest BCUT2D eigenvalue weighted by molar-refractivity contribution is -0.141. The zero-order valence-corrected chi connectivity index (χ0v) is 21.4. The van der Waals surface area contributed by atoms with Crippen LogP contribution in [0.25, 0.3) is 0 Å². The fraction of sp³-hybridized carbons (Fsp3) is 0.417. The molecule has 3 N–H and O–H groups in total. The Labute approximate surface area is 221 Å². The number of allylic oxidation sites excluding steroid dienone is 1. The van der Waals surface area contributed by atoms with Gasteiger partial charge in [-0.25, -0.2) is 22.2 Å². The van der Waals surface area contributed by atoms with Gasteiger partial charge in [0.1, 0.15) is 23.7 Å². The summed E-state index contributed by atoms with van der Waals surface area (Å²) in [6, 6.07) is 2.68. The molecule has 210 valence electrons. The van der Waals surface area contributed by atoms with Crippen LogP contribution in [-0.4, -0.2) is 65.2 Å². The van der Waals surface area contributed by atoms with Crippen molar-refractivity contribution in [2.75, 3.05) is 13.1 Å². The SMILES string of the molecule is CCN=C(/C=C(\N)CNC(=O)[C@@H]1C[C@@H](F)C2(CC2)N1S(=O)(=O)c1ccc(F)cc1)c1cnc(C(F)(F)F)cn1. The van der Waals surface area contributed by atoms with E-state index in [9.17, 15) is 35.2 Å². The topological polar surface area (TPSA) is 131 Å². The molecule has 2 fully saturated rings. The zero-order valence-electron chi connectivity index (χ0n) is 20.6. The average molecular weight is 573 g/mol. The first kappa shape index (κ1) is 28.5. The molecule has 2 atom stereocenters. The largest absolute Gasteiger partial charge is 0.434 e. The molecule has 15 heteroatoms. The number of aliphatic imine (C=N–C) groups is 1. The third-order valence-electron chi connectivity index (χ3n) is 6.49. The molecule has 4 rings (SSSR count). The lowest BCUT2D eigenvalue weighted by Crippen LogP contribution is -2.50. The number of hydrogen-bond donors (Lipinski definition) is 2. The van der Waals surface area contributed by atoms with Gasteiger partial charge in [-0.15, -0.1) is 0 Å². The van der Waals surface area contributed by atoms with Crippen molar-refractivity contribution in [1.29, 1.82) is 0 Å². The minimum absolute atomic E-state index is 0.0161. The van der Waals surface area contributed by atoms with Crippen molar-refractivity contribution in [3.05, 3.63) is 65.6 Å². The summed E-state index contributed by atoms with van der Waals surface area (Å²) in [5.41, 5.74) is 3.65. The lowest BCUT2D eigenvalue weighted by Gasteiger charge is -2.29. The molecule has 2 heterocycles. The van der Waals surface area contributed by atoms with Crippen molar-refractivity contribution in [3.8, 4) is 0 Å². The molecule has 2 aliphatic rings. The molecular weight excluding hydrogens is 547 g/mol. The first-order valence-electron chi connectivity index (χ1n) is 11.9. The first-order valence-corrected chi connectivity index (χ1v) is 13.4. The highest BCUT2D eigenvalue weighted by atomic mass is 32.2. The fourth-order valence-electron chi connectivity index (χ4n) is 4.47. The molecule has 9 nitrogen and oxygen atoms in total. The molecule has 1 aromatic carbocycles. The van der Waals surface area contributed by atoms with Gasteiger partial charge in [-0.2, -0.15) is 17.5 Å². The Hall–Kier alpha value is -3.46. The number of carbonyl (C=O) groups is 1. The van der Waals surface area contributed by atoms with Gasteiger partial charge in [0.05, 0.1) is 35.1 Å². The summed E-state index contributed by atoms with van der Waals surface area (Å²) in [4.78, 5) is 24.1. The quantitative estimate of drug-likeness (QED) is 0.370. The summed E-state index contributed by atoms with van der Waals surface area (Å²) in [5.74, 6) is -1.43. The number of sulfonamides is 1. The Bertz CT molecular complexity index is 1390. The van der Waals surface area contributed by atoms with Crippen LogP contribution < -0.4 is 11.1 Å². The third kappa shape index (κ3) is 5.78. The number of nitrogens with one attached hydrogen (secondary N) is 1. The van der Waals surface area contributed by atoms with Gasteiger partial charge in [0.25, 0.3) is 0 Å². The van der Waals surface area contributed by atoms with E-state index in [1.807, 2.05) is 0 Å². The molecule has 1 saturated heterocycles. The van der Waals surface area contributed by atoms with E-state index >= 15 is 0 Å². The maximum absolute atomic E-state index is 15.0. The summed E-state index contributed by atoms with van der Waals surface area (Å²) in [6.45, 7) is 1.63. The number of aromatic nitrogens is 2. The van der Waals surface area contributed by atoms with Crippen LogP contribution in [-0.2, 0) is 21.0 Å². The van der Waals surface area contributed by atoms with Crippen LogP contribution in [0.15, 0.2) is 58.3 Å². The van der Waals surface area contributed by atoms with E-state index in [1.54, 1.807) is 6.92 Å². The zero-order chi connectivity index (χ0) is 28.6. The standard InChI is InChI=1S/C24H25F5N6O3S/c1-2-31-17(18-12-33-21(13-32-18)24(27,28)29)9-15(30)11-34-22(36)19-10-20(26)23(7-8-23)35(19)39(37,38)16-5-3-14(25)4-6-16/h3-6,9,12-13,19-20H,2,7-8,10-11,30H2,1H3,(H,34,36)/b15-9-,31-17?/t19-,20+/m0/s1. The average Bonchev–Trinajstić information content (AvgIpc) is 3.61. The number of rotatable bonds is 8. The molecule has 2 aromatic rings. The van der Waals surface area contributed by atoms with Crippen LogP contribution >= 0.6 is 0 Å².